The summed E-state index contributed by atoms with van der Waals surface area (Å²) < 4.78 is 0. The van der Waals surface area contributed by atoms with E-state index in [2.05, 4.69) is 15.0 Å². The maximum atomic E-state index is 10.8. The minimum Gasteiger partial charge on any atom is -0.398 e. The molecule has 0 atom stereocenters. The lowest BCUT2D eigenvalue weighted by molar-refractivity contribution is 0.256. The molecule has 0 spiro atoms. The van der Waals surface area contributed by atoms with Gasteiger partial charge in [-0.3, -0.25) is 4.98 Å². The average Bonchev–Trinajstić information content (AvgIpc) is 2.58. The first-order chi connectivity index (χ1) is 9.97. The molecule has 21 heavy (non-hydrogen) atoms. The summed E-state index contributed by atoms with van der Waals surface area (Å²) in [6.45, 7) is 1.88. The van der Waals surface area contributed by atoms with Gasteiger partial charge in [-0.05, 0) is 19.1 Å². The van der Waals surface area contributed by atoms with Crippen molar-refractivity contribution in [3.63, 3.8) is 0 Å². The number of nitrogens with zero attached hydrogens (tertiary/aromatic N) is 3. The van der Waals surface area contributed by atoms with Crippen molar-refractivity contribution in [1.82, 2.24) is 4.98 Å². The van der Waals surface area contributed by atoms with Gasteiger partial charge in [0.25, 0.3) is 0 Å². The Morgan fingerprint density at radius 2 is 2.14 bits per heavy atom. The topological polar surface area (TPSA) is 133 Å². The molecular weight excluding hydrogens is 268 g/mol. The Labute approximate surface area is 122 Å². The molecule has 1 aromatic heterocycles. The van der Waals surface area contributed by atoms with E-state index in [9.17, 15) is 4.79 Å². The minimum absolute atomic E-state index is 0.161. The van der Waals surface area contributed by atoms with Crippen LogP contribution in [0.5, 0.6) is 0 Å². The van der Waals surface area contributed by atoms with Gasteiger partial charge in [0.1, 0.15) is 0 Å². The third-order valence-electron chi connectivity index (χ3n) is 2.91. The van der Waals surface area contributed by atoms with Crippen LogP contribution in [0.4, 0.5) is 4.79 Å². The summed E-state index contributed by atoms with van der Waals surface area (Å²) >= 11 is 0. The molecule has 0 bridgehead atoms. The number of primary amides is 1. The number of pyridine rings is 1. The van der Waals surface area contributed by atoms with Gasteiger partial charge >= 0.3 is 6.03 Å². The third-order valence-corrected chi connectivity index (χ3v) is 2.91. The molecule has 1 aromatic rings. The highest BCUT2D eigenvalue weighted by atomic mass is 16.2. The SMILES string of the molecule is Cc1cc(/C(N)=C2\CC=N/C(=N\C(N)=O)C=C2N)ccn1. The number of urea groups is 1. The second-order valence-electron chi connectivity index (χ2n) is 4.50. The molecule has 0 fully saturated rings. The predicted molar refractivity (Wildman–Crippen MR) is 82.5 cm³/mol. The van der Waals surface area contributed by atoms with E-state index in [1.54, 1.807) is 12.4 Å². The molecule has 2 amide bonds. The molecule has 0 radical (unpaired) electrons. The monoisotopic (exact) mass is 284 g/mol. The third kappa shape index (κ3) is 3.53. The van der Waals surface area contributed by atoms with Crippen molar-refractivity contribution < 1.29 is 4.79 Å². The first-order valence-corrected chi connectivity index (χ1v) is 6.27. The van der Waals surface area contributed by atoms with Crippen LogP contribution in [0.3, 0.4) is 0 Å². The Morgan fingerprint density at radius 3 is 2.81 bits per heavy atom. The van der Waals surface area contributed by atoms with Crippen molar-refractivity contribution in [2.45, 2.75) is 13.3 Å². The summed E-state index contributed by atoms with van der Waals surface area (Å²) in [5.41, 5.74) is 20.6. The highest BCUT2D eigenvalue weighted by molar-refractivity contribution is 6.06. The molecule has 0 saturated carbocycles. The molecule has 1 aliphatic rings. The van der Waals surface area contributed by atoms with E-state index in [4.69, 9.17) is 17.2 Å². The van der Waals surface area contributed by atoms with Gasteiger partial charge in [-0.1, -0.05) is 0 Å². The summed E-state index contributed by atoms with van der Waals surface area (Å²) in [4.78, 5) is 22.5. The van der Waals surface area contributed by atoms with Gasteiger partial charge in [0.15, 0.2) is 5.84 Å². The fourth-order valence-electron chi connectivity index (χ4n) is 1.94. The van der Waals surface area contributed by atoms with Crippen LogP contribution in [0.1, 0.15) is 17.7 Å². The van der Waals surface area contributed by atoms with Crippen LogP contribution in [-0.2, 0) is 0 Å². The number of hydrogen-bond donors (Lipinski definition) is 3. The molecule has 7 nitrogen and oxygen atoms in total. The second-order valence-corrected chi connectivity index (χ2v) is 4.50. The van der Waals surface area contributed by atoms with Crippen molar-refractivity contribution in [2.24, 2.45) is 27.2 Å². The van der Waals surface area contributed by atoms with Gasteiger partial charge in [-0.2, -0.15) is 4.99 Å². The summed E-state index contributed by atoms with van der Waals surface area (Å²) in [5, 5.41) is 0. The maximum Gasteiger partial charge on any atom is 0.340 e. The fourth-order valence-corrected chi connectivity index (χ4v) is 1.94. The zero-order valence-electron chi connectivity index (χ0n) is 11.6. The molecule has 6 N–H and O–H groups in total. The van der Waals surface area contributed by atoms with Crippen LogP contribution in [0.15, 0.2) is 45.7 Å². The summed E-state index contributed by atoms with van der Waals surface area (Å²) in [5.74, 6) is 0.161. The number of aliphatic imine (C=N–C) groups is 2. The second kappa shape index (κ2) is 6.00. The maximum absolute atomic E-state index is 10.8. The number of carbonyl (C=O) groups is 1. The Kier molecular flexibility index (Phi) is 4.13. The number of aryl methyl sites for hydroxylation is 1. The van der Waals surface area contributed by atoms with Gasteiger partial charge < -0.3 is 17.2 Å². The van der Waals surface area contributed by atoms with Crippen molar-refractivity contribution in [1.29, 1.82) is 0 Å². The van der Waals surface area contributed by atoms with Crippen molar-refractivity contribution in [2.75, 3.05) is 0 Å². The van der Waals surface area contributed by atoms with Gasteiger partial charge in [0.05, 0.1) is 0 Å². The largest absolute Gasteiger partial charge is 0.398 e. The Hall–Kier alpha value is -2.96. The number of hydrogen-bond acceptors (Lipinski definition) is 4. The number of nitrogens with two attached hydrogens (primary N) is 3. The molecule has 0 aliphatic carbocycles. The summed E-state index contributed by atoms with van der Waals surface area (Å²) in [6, 6.07) is 2.86. The van der Waals surface area contributed by atoms with Crippen molar-refractivity contribution in [3.8, 4) is 0 Å². The Balaban J connectivity index is 2.47. The van der Waals surface area contributed by atoms with Crippen LogP contribution in [0.25, 0.3) is 5.70 Å². The summed E-state index contributed by atoms with van der Waals surface area (Å²) in [7, 11) is 0. The lowest BCUT2D eigenvalue weighted by Crippen LogP contribution is -2.11. The van der Waals surface area contributed by atoms with Crippen LogP contribution < -0.4 is 17.2 Å². The molecule has 2 heterocycles. The normalized spacial score (nSPS) is 19.1. The van der Waals surface area contributed by atoms with Crippen LogP contribution >= 0.6 is 0 Å². The van der Waals surface area contributed by atoms with Crippen LogP contribution in [0, 0.1) is 6.92 Å². The van der Waals surface area contributed by atoms with E-state index in [1.165, 1.54) is 6.08 Å². The van der Waals surface area contributed by atoms with Crippen molar-refractivity contribution in [3.05, 3.63) is 46.9 Å². The zero-order chi connectivity index (χ0) is 15.4. The molecule has 0 unspecified atom stereocenters. The number of rotatable bonds is 1. The summed E-state index contributed by atoms with van der Waals surface area (Å²) in [6.07, 6.45) is 5.19. The van der Waals surface area contributed by atoms with E-state index < -0.39 is 6.03 Å². The Bertz CT molecular complexity index is 699. The van der Waals surface area contributed by atoms with E-state index in [-0.39, 0.29) is 5.84 Å². The van der Waals surface area contributed by atoms with E-state index in [1.807, 2.05) is 19.1 Å². The van der Waals surface area contributed by atoms with Crippen LogP contribution in [-0.4, -0.2) is 23.1 Å². The first-order valence-electron chi connectivity index (χ1n) is 6.27. The van der Waals surface area contributed by atoms with Gasteiger partial charge in [0, 0.05) is 53.1 Å². The number of aromatic nitrogens is 1. The van der Waals surface area contributed by atoms with E-state index in [0.29, 0.717) is 17.8 Å². The average molecular weight is 284 g/mol. The minimum atomic E-state index is -0.823. The quantitative estimate of drug-likeness (QED) is 0.705. The predicted octanol–water partition coefficient (Wildman–Crippen LogP) is 0.854. The lowest BCUT2D eigenvalue weighted by Gasteiger charge is -2.10. The highest BCUT2D eigenvalue weighted by Gasteiger charge is 2.12. The smallest absolute Gasteiger partial charge is 0.340 e. The zero-order valence-corrected chi connectivity index (χ0v) is 11.6. The van der Waals surface area contributed by atoms with Gasteiger partial charge in [-0.25, -0.2) is 9.79 Å². The lowest BCUT2D eigenvalue weighted by atomic mass is 10.0. The number of allylic oxidation sites excluding steroid dienone is 1. The Morgan fingerprint density at radius 1 is 1.38 bits per heavy atom. The van der Waals surface area contributed by atoms with Gasteiger partial charge in [0.2, 0.25) is 0 Å². The highest BCUT2D eigenvalue weighted by Crippen LogP contribution is 2.21. The van der Waals surface area contributed by atoms with E-state index >= 15 is 0 Å². The van der Waals surface area contributed by atoms with Gasteiger partial charge in [-0.15, -0.1) is 0 Å². The fraction of sp³-hybridized carbons (Fsp3) is 0.143. The van der Waals surface area contributed by atoms with E-state index in [0.717, 1.165) is 16.8 Å². The number of amidine groups is 1. The molecule has 0 aromatic carbocycles. The van der Waals surface area contributed by atoms with Crippen LogP contribution in [0.2, 0.25) is 0 Å². The number of carbonyl (C=O) groups excluding carboxylic acids is 1. The molecule has 2 rings (SSSR count). The molecule has 0 saturated heterocycles. The number of amides is 2. The molecular formula is C14H16N6O. The standard InChI is InChI=1S/C14H16N6O/c1-8-6-9(2-4-18-8)13(16)10-3-5-19-12(7-11(10)15)20-14(17)21/h2,4-7H,3,15-16H2,1H3,(H2,17,21)/b13-10-,20-12-. The molecule has 7 heteroatoms. The first kappa shape index (κ1) is 14.4. The van der Waals surface area contributed by atoms with Crippen molar-refractivity contribution >= 4 is 23.8 Å². The molecule has 1 aliphatic heterocycles. The molecule has 108 valence electrons.